The fraction of sp³-hybridized carbons (Fsp3) is 0.308. The Morgan fingerprint density at radius 2 is 2.15 bits per heavy atom. The zero-order valence-electron chi connectivity index (χ0n) is 11.3. The maximum absolute atomic E-state index is 6.28. The van der Waals surface area contributed by atoms with E-state index in [9.17, 15) is 0 Å². The molecular formula is C13H15ClN6. The number of nitrogens with zero attached hydrogens (tertiary/aromatic N) is 5. The maximum atomic E-state index is 6.28. The van der Waals surface area contributed by atoms with Gasteiger partial charge in [-0.25, -0.2) is 4.52 Å². The lowest BCUT2D eigenvalue weighted by Crippen LogP contribution is -2.24. The van der Waals surface area contributed by atoms with Crippen molar-refractivity contribution < 1.29 is 0 Å². The van der Waals surface area contributed by atoms with Crippen LogP contribution < -0.4 is 5.32 Å². The molecule has 0 bridgehead atoms. The molecule has 0 amide bonds. The zero-order valence-corrected chi connectivity index (χ0v) is 12.0. The molecule has 3 heterocycles. The van der Waals surface area contributed by atoms with Gasteiger partial charge < -0.3 is 5.32 Å². The van der Waals surface area contributed by atoms with Crippen LogP contribution in [0, 0.1) is 0 Å². The van der Waals surface area contributed by atoms with Crippen molar-refractivity contribution in [2.24, 2.45) is 7.05 Å². The predicted molar refractivity (Wildman–Crippen MR) is 76.7 cm³/mol. The van der Waals surface area contributed by atoms with Crippen LogP contribution in [0.1, 0.15) is 24.2 Å². The van der Waals surface area contributed by atoms with Gasteiger partial charge in [0.05, 0.1) is 40.9 Å². The molecule has 0 saturated carbocycles. The van der Waals surface area contributed by atoms with Gasteiger partial charge in [-0.3, -0.25) is 9.67 Å². The second-order valence-electron chi connectivity index (χ2n) is 4.50. The third-order valence-corrected chi connectivity index (χ3v) is 3.58. The molecule has 3 aromatic rings. The number of fused-ring (bicyclic) bond motifs is 1. The standard InChI is InChI=1S/C13H15ClN6/c1-3-16-12(13-10(14)7-17-19(13)2)9-6-18-20-5-4-15-8-11(9)20/h4-8,12,16H,3H2,1-2H3. The lowest BCUT2D eigenvalue weighted by Gasteiger charge is -2.18. The lowest BCUT2D eigenvalue weighted by atomic mass is 10.1. The molecule has 1 unspecified atom stereocenters. The van der Waals surface area contributed by atoms with Crippen LogP contribution in [0.4, 0.5) is 0 Å². The molecule has 0 spiro atoms. The summed E-state index contributed by atoms with van der Waals surface area (Å²) in [7, 11) is 1.88. The minimum absolute atomic E-state index is 0.0679. The Hall–Kier alpha value is -1.92. The summed E-state index contributed by atoms with van der Waals surface area (Å²) in [6, 6.07) is -0.0679. The van der Waals surface area contributed by atoms with Crippen LogP contribution in [0.25, 0.3) is 5.52 Å². The zero-order chi connectivity index (χ0) is 14.1. The van der Waals surface area contributed by atoms with Gasteiger partial charge in [0, 0.05) is 25.0 Å². The fourth-order valence-electron chi connectivity index (χ4n) is 2.38. The topological polar surface area (TPSA) is 60.0 Å². The first-order valence-electron chi connectivity index (χ1n) is 6.40. The Kier molecular flexibility index (Phi) is 3.42. The average Bonchev–Trinajstić information content (AvgIpc) is 3.01. The molecule has 1 atom stereocenters. The quantitative estimate of drug-likeness (QED) is 0.796. The highest BCUT2D eigenvalue weighted by Gasteiger charge is 2.23. The first-order chi connectivity index (χ1) is 9.72. The summed E-state index contributed by atoms with van der Waals surface area (Å²) < 4.78 is 3.59. The number of aryl methyl sites for hydroxylation is 1. The van der Waals surface area contributed by atoms with E-state index in [1.54, 1.807) is 27.8 Å². The van der Waals surface area contributed by atoms with Crippen molar-refractivity contribution in [2.45, 2.75) is 13.0 Å². The SMILES string of the molecule is CCNC(c1cnn2ccncc12)c1c(Cl)cnn1C. The van der Waals surface area contributed by atoms with E-state index in [-0.39, 0.29) is 6.04 Å². The van der Waals surface area contributed by atoms with Crippen LogP contribution in [-0.2, 0) is 7.05 Å². The minimum Gasteiger partial charge on any atom is -0.305 e. The fourth-order valence-corrected chi connectivity index (χ4v) is 2.65. The van der Waals surface area contributed by atoms with Crippen LogP contribution in [-0.4, -0.2) is 30.9 Å². The number of aromatic nitrogens is 5. The van der Waals surface area contributed by atoms with Crippen LogP contribution in [0.5, 0.6) is 0 Å². The first kappa shape index (κ1) is 13.1. The number of hydrogen-bond acceptors (Lipinski definition) is 4. The molecule has 6 nitrogen and oxygen atoms in total. The highest BCUT2D eigenvalue weighted by Crippen LogP contribution is 2.29. The Morgan fingerprint density at radius 3 is 2.85 bits per heavy atom. The molecule has 0 fully saturated rings. The number of nitrogens with one attached hydrogen (secondary N) is 1. The highest BCUT2D eigenvalue weighted by molar-refractivity contribution is 6.31. The Labute approximate surface area is 121 Å². The number of hydrogen-bond donors (Lipinski definition) is 1. The van der Waals surface area contributed by atoms with Gasteiger partial charge in [-0.1, -0.05) is 18.5 Å². The molecule has 3 rings (SSSR count). The van der Waals surface area contributed by atoms with Crippen molar-refractivity contribution >= 4 is 17.1 Å². The normalized spacial score (nSPS) is 12.9. The van der Waals surface area contributed by atoms with Crippen molar-refractivity contribution in [3.05, 3.63) is 47.3 Å². The highest BCUT2D eigenvalue weighted by atomic mass is 35.5. The summed E-state index contributed by atoms with van der Waals surface area (Å²) >= 11 is 6.28. The molecule has 0 radical (unpaired) electrons. The van der Waals surface area contributed by atoms with Crippen molar-refractivity contribution in [3.8, 4) is 0 Å². The number of rotatable bonds is 4. The average molecular weight is 291 g/mol. The third-order valence-electron chi connectivity index (χ3n) is 3.28. The molecular weight excluding hydrogens is 276 g/mol. The maximum Gasteiger partial charge on any atom is 0.0896 e. The van der Waals surface area contributed by atoms with E-state index in [0.717, 1.165) is 23.3 Å². The van der Waals surface area contributed by atoms with Gasteiger partial charge in [0.25, 0.3) is 0 Å². The van der Waals surface area contributed by atoms with Crippen LogP contribution in [0.3, 0.4) is 0 Å². The Bertz CT molecular complexity index is 712. The van der Waals surface area contributed by atoms with Crippen LogP contribution >= 0.6 is 11.6 Å². The second kappa shape index (κ2) is 5.22. The summed E-state index contributed by atoms with van der Waals surface area (Å²) in [5.41, 5.74) is 2.91. The first-order valence-corrected chi connectivity index (χ1v) is 6.78. The molecule has 3 aromatic heterocycles. The molecule has 0 aliphatic rings. The van der Waals surface area contributed by atoms with Gasteiger partial charge in [0.1, 0.15) is 0 Å². The summed E-state index contributed by atoms with van der Waals surface area (Å²) in [6.45, 7) is 2.87. The van der Waals surface area contributed by atoms with E-state index < -0.39 is 0 Å². The summed E-state index contributed by atoms with van der Waals surface area (Å²) in [6.07, 6.45) is 8.84. The third kappa shape index (κ3) is 2.07. The summed E-state index contributed by atoms with van der Waals surface area (Å²) in [5.74, 6) is 0. The Balaban J connectivity index is 2.16. The molecule has 0 aromatic carbocycles. The summed E-state index contributed by atoms with van der Waals surface area (Å²) in [5, 5.41) is 12.6. The monoisotopic (exact) mass is 290 g/mol. The van der Waals surface area contributed by atoms with Gasteiger partial charge in [0.2, 0.25) is 0 Å². The molecule has 20 heavy (non-hydrogen) atoms. The molecule has 0 aliphatic heterocycles. The van der Waals surface area contributed by atoms with Gasteiger partial charge >= 0.3 is 0 Å². The van der Waals surface area contributed by atoms with E-state index >= 15 is 0 Å². The number of halogens is 1. The van der Waals surface area contributed by atoms with Crippen LogP contribution in [0.15, 0.2) is 31.0 Å². The van der Waals surface area contributed by atoms with Gasteiger partial charge in [0.15, 0.2) is 0 Å². The van der Waals surface area contributed by atoms with Gasteiger partial charge in [-0.05, 0) is 6.54 Å². The lowest BCUT2D eigenvalue weighted by molar-refractivity contribution is 0.575. The smallest absolute Gasteiger partial charge is 0.0896 e. The Morgan fingerprint density at radius 1 is 1.30 bits per heavy atom. The van der Waals surface area contributed by atoms with E-state index in [4.69, 9.17) is 11.6 Å². The van der Waals surface area contributed by atoms with Gasteiger partial charge in [-0.15, -0.1) is 0 Å². The molecule has 104 valence electrons. The van der Waals surface area contributed by atoms with E-state index in [0.29, 0.717) is 5.02 Å². The second-order valence-corrected chi connectivity index (χ2v) is 4.91. The largest absolute Gasteiger partial charge is 0.305 e. The molecule has 0 saturated heterocycles. The van der Waals surface area contributed by atoms with Crippen molar-refractivity contribution in [1.29, 1.82) is 0 Å². The molecule has 1 N–H and O–H groups in total. The molecule has 7 heteroatoms. The minimum atomic E-state index is -0.0679. The van der Waals surface area contributed by atoms with E-state index in [1.165, 1.54) is 0 Å². The van der Waals surface area contributed by atoms with Crippen molar-refractivity contribution in [3.63, 3.8) is 0 Å². The van der Waals surface area contributed by atoms with Crippen molar-refractivity contribution in [2.75, 3.05) is 6.54 Å². The summed E-state index contributed by atoms with van der Waals surface area (Å²) in [4.78, 5) is 4.17. The van der Waals surface area contributed by atoms with Crippen LogP contribution in [0.2, 0.25) is 5.02 Å². The molecule has 0 aliphatic carbocycles. The predicted octanol–water partition coefficient (Wildman–Crippen LogP) is 1.82. The van der Waals surface area contributed by atoms with E-state index in [2.05, 4.69) is 27.4 Å². The van der Waals surface area contributed by atoms with Crippen molar-refractivity contribution in [1.82, 2.24) is 29.7 Å². The van der Waals surface area contributed by atoms with E-state index in [1.807, 2.05) is 19.4 Å². The van der Waals surface area contributed by atoms with Gasteiger partial charge in [-0.2, -0.15) is 10.2 Å².